The molecule has 6 rings (SSSR count). The molecule has 2 saturated heterocycles. The summed E-state index contributed by atoms with van der Waals surface area (Å²) in [4.78, 5) is 57.1. The van der Waals surface area contributed by atoms with Crippen LogP contribution in [-0.4, -0.2) is 87.8 Å². The predicted octanol–water partition coefficient (Wildman–Crippen LogP) is -2.55. The second kappa shape index (κ2) is 13.0. The molecule has 4 aromatic heterocycles. The second-order valence-corrected chi connectivity index (χ2v) is 19.5. The Hall–Kier alpha value is -1.82. The minimum absolute atomic E-state index is 0.0177. The van der Waals surface area contributed by atoms with E-state index < -0.39 is 65.1 Å². The van der Waals surface area contributed by atoms with Gasteiger partial charge in [0.2, 0.25) is 0 Å². The number of aromatic nitrogens is 8. The van der Waals surface area contributed by atoms with Gasteiger partial charge in [0.1, 0.15) is 0 Å². The first-order valence-electron chi connectivity index (χ1n) is 13.2. The summed E-state index contributed by atoms with van der Waals surface area (Å²) in [7, 11) is -3.98. The number of rotatable bonds is 11. The molecular formula is C21H28IN10O9P2S2-. The number of ether oxygens (including phenoxy) is 2. The van der Waals surface area contributed by atoms with Crippen LogP contribution in [-0.2, 0) is 39.4 Å². The van der Waals surface area contributed by atoms with Crippen LogP contribution in [0, 0.1) is 0 Å². The van der Waals surface area contributed by atoms with Crippen molar-refractivity contribution < 1.29 is 58.6 Å². The van der Waals surface area contributed by atoms with Gasteiger partial charge >= 0.3 is 263 Å². The Bertz CT molecular complexity index is 1880. The molecule has 2 aliphatic rings. The SMILES string of the molecule is CC1[I-][C@@H](COP(O)(=S)O[C@@H]2C[C@@H](COP(=O)(O)CS)O[C@H]2n2c(=O)[nH]c3c(N)ncnc32)O[C@H]1n1cnc2c(N)ncnc21. The summed E-state index contributed by atoms with van der Waals surface area (Å²) in [6.45, 7) is -2.29. The Labute approximate surface area is 274 Å². The van der Waals surface area contributed by atoms with Crippen molar-refractivity contribution in [3.63, 3.8) is 0 Å². The quantitative estimate of drug-likeness (QED) is 0.0394. The monoisotopic (exact) mass is 817 g/mol. The van der Waals surface area contributed by atoms with E-state index in [-0.39, 0.29) is 56.7 Å². The van der Waals surface area contributed by atoms with Crippen LogP contribution < -0.4 is 38.4 Å². The van der Waals surface area contributed by atoms with Crippen molar-refractivity contribution >= 4 is 72.7 Å². The number of nitrogens with zero attached hydrogens (tertiary/aromatic N) is 7. The molecule has 0 aromatic carbocycles. The van der Waals surface area contributed by atoms with Crippen molar-refractivity contribution in [1.82, 2.24) is 39.0 Å². The van der Waals surface area contributed by atoms with E-state index in [4.69, 9.17) is 46.3 Å². The first-order chi connectivity index (χ1) is 21.4. The number of imidazole rings is 2. The van der Waals surface area contributed by atoms with E-state index in [1.165, 1.54) is 12.7 Å². The van der Waals surface area contributed by atoms with Gasteiger partial charge in [0.15, 0.2) is 0 Å². The molecule has 0 bridgehead atoms. The van der Waals surface area contributed by atoms with Gasteiger partial charge in [-0.3, -0.25) is 0 Å². The molecule has 3 unspecified atom stereocenters. The van der Waals surface area contributed by atoms with E-state index in [0.717, 1.165) is 4.57 Å². The molecule has 246 valence electrons. The minimum atomic E-state index is -3.98. The third kappa shape index (κ3) is 6.92. The van der Waals surface area contributed by atoms with E-state index in [1.807, 2.05) is 6.92 Å². The van der Waals surface area contributed by atoms with Gasteiger partial charge in [-0.15, -0.1) is 0 Å². The first-order valence-corrected chi connectivity index (χ1v) is 20.6. The number of anilines is 2. The van der Waals surface area contributed by atoms with Crippen molar-refractivity contribution in [3.05, 3.63) is 29.5 Å². The molecule has 2 fully saturated rings. The number of nitrogens with two attached hydrogens (primary N) is 2. The van der Waals surface area contributed by atoms with E-state index in [2.05, 4.69) is 42.5 Å². The molecule has 0 radical (unpaired) electrons. The van der Waals surface area contributed by atoms with Crippen LogP contribution in [0.15, 0.2) is 23.8 Å². The third-order valence-corrected chi connectivity index (χ3v) is 13.7. The fourth-order valence-corrected chi connectivity index (χ4v) is 10.4. The van der Waals surface area contributed by atoms with Crippen LogP contribution in [0.2, 0.25) is 0 Å². The fraction of sp³-hybridized carbons (Fsp3) is 0.524. The molecular weight excluding hydrogens is 789 g/mol. The van der Waals surface area contributed by atoms with Crippen molar-refractivity contribution in [1.29, 1.82) is 0 Å². The van der Waals surface area contributed by atoms with E-state index in [9.17, 15) is 19.1 Å². The zero-order valence-electron chi connectivity index (χ0n) is 23.2. The normalized spacial score (nSPS) is 28.3. The molecule has 8 atom stereocenters. The zero-order valence-corrected chi connectivity index (χ0v) is 28.8. The molecule has 2 aliphatic heterocycles. The van der Waals surface area contributed by atoms with Crippen molar-refractivity contribution in [2.24, 2.45) is 0 Å². The first kappa shape index (κ1) is 33.1. The van der Waals surface area contributed by atoms with Gasteiger partial charge in [0.05, 0.1) is 0 Å². The summed E-state index contributed by atoms with van der Waals surface area (Å²) in [5, 5.41) is 0. The standard InChI is InChI=1S/C21H28IN10O9P2S2/c1-9-19(31-7-29-13-15(23)25-5-27-17(13)31)40-12(22-9)4-38-43(36,45)41-11-2-10(3-37-42(34,35)8-44)39-20(11)32-18-14(30-21(32)33)16(24)26-6-28-18/h5-7,9-12,19-20,44H,2-4,8H2,1H3,(H,30,33)(H,34,35)(H,36,45)(H2,23,25,27)(H2,24,26,28)/q-1/t9?,10-,11+,12+,19+,20+,43?/m0/s1. The summed E-state index contributed by atoms with van der Waals surface area (Å²) in [5.74, 6) is 0.293. The molecule has 19 nitrogen and oxygen atoms in total. The maximum absolute atomic E-state index is 13.0. The van der Waals surface area contributed by atoms with E-state index >= 15 is 0 Å². The van der Waals surface area contributed by atoms with Gasteiger partial charge < -0.3 is 0 Å². The van der Waals surface area contributed by atoms with Crippen molar-refractivity contribution in [2.75, 3.05) is 30.2 Å². The predicted molar refractivity (Wildman–Crippen MR) is 161 cm³/mol. The number of hydrogen-bond acceptors (Lipinski definition) is 16. The van der Waals surface area contributed by atoms with Crippen molar-refractivity contribution in [2.45, 2.75) is 46.0 Å². The summed E-state index contributed by atoms with van der Waals surface area (Å²) in [5.41, 5.74) is 12.1. The van der Waals surface area contributed by atoms with Gasteiger partial charge in [-0.1, -0.05) is 0 Å². The summed E-state index contributed by atoms with van der Waals surface area (Å²) < 4.78 is 43.8. The number of thiol groups is 1. The second-order valence-electron chi connectivity index (χ2n) is 9.95. The van der Waals surface area contributed by atoms with Crippen LogP contribution in [0.3, 0.4) is 0 Å². The number of halogens is 1. The summed E-state index contributed by atoms with van der Waals surface area (Å²) in [6, 6.07) is 0. The molecule has 24 heteroatoms. The fourth-order valence-electron chi connectivity index (χ4n) is 4.92. The Morgan fingerprint density at radius 1 is 1.11 bits per heavy atom. The van der Waals surface area contributed by atoms with Crippen molar-refractivity contribution in [3.8, 4) is 0 Å². The number of alkyl halides is 2. The Morgan fingerprint density at radius 2 is 1.84 bits per heavy atom. The molecule has 45 heavy (non-hydrogen) atoms. The van der Waals surface area contributed by atoms with Gasteiger partial charge in [-0.25, -0.2) is 0 Å². The number of H-pyrrole nitrogens is 1. The Kier molecular flexibility index (Phi) is 9.56. The van der Waals surface area contributed by atoms with Gasteiger partial charge in [-0.2, -0.15) is 12.6 Å². The molecule has 0 spiro atoms. The van der Waals surface area contributed by atoms with Crippen LogP contribution >= 0.6 is 26.9 Å². The van der Waals surface area contributed by atoms with E-state index in [1.54, 1.807) is 10.9 Å². The molecule has 4 aromatic rings. The Balaban J connectivity index is 1.17. The molecule has 0 amide bonds. The number of aromatic amines is 1. The number of nitrogen functional groups attached to an aromatic ring is 2. The molecule has 0 aliphatic carbocycles. The molecule has 6 heterocycles. The number of fused-ring (bicyclic) bond motifs is 2. The van der Waals surface area contributed by atoms with E-state index in [0.29, 0.717) is 11.2 Å². The number of hydrogen-bond donors (Lipinski definition) is 6. The van der Waals surface area contributed by atoms with Crippen LogP contribution in [0.25, 0.3) is 22.3 Å². The van der Waals surface area contributed by atoms with Gasteiger partial charge in [-0.05, 0) is 0 Å². The molecule has 7 N–H and O–H groups in total. The van der Waals surface area contributed by atoms with Crippen LogP contribution in [0.1, 0.15) is 25.8 Å². The summed E-state index contributed by atoms with van der Waals surface area (Å²) in [6.07, 6.45) is 0.684. The topological polar surface area (TPSA) is 263 Å². The van der Waals surface area contributed by atoms with Gasteiger partial charge in [0.25, 0.3) is 0 Å². The van der Waals surface area contributed by atoms with Crippen LogP contribution in [0.5, 0.6) is 0 Å². The Morgan fingerprint density at radius 3 is 2.60 bits per heavy atom. The van der Waals surface area contributed by atoms with Crippen LogP contribution in [0.4, 0.5) is 11.6 Å². The van der Waals surface area contributed by atoms with Gasteiger partial charge in [0, 0.05) is 0 Å². The maximum atomic E-state index is 13.0. The zero-order chi connectivity index (χ0) is 32.1. The average Bonchev–Trinajstić information content (AvgIpc) is 3.75. The third-order valence-electron chi connectivity index (χ3n) is 6.89. The average molecular weight is 818 g/mol. The summed E-state index contributed by atoms with van der Waals surface area (Å²) >= 11 is 8.58. The molecule has 0 saturated carbocycles. The number of nitrogens with one attached hydrogen (secondary N) is 1.